The number of ether oxygens (including phenoxy) is 1. The zero-order valence-corrected chi connectivity index (χ0v) is 8.44. The first-order chi connectivity index (χ1) is 5.45. The lowest BCUT2D eigenvalue weighted by molar-refractivity contribution is -0.139. The Morgan fingerprint density at radius 1 is 1.42 bits per heavy atom. The lowest BCUT2D eigenvalue weighted by Crippen LogP contribution is -2.27. The number of esters is 1. The molecule has 0 heterocycles. The first kappa shape index (κ1) is 11.4. The molecule has 0 aromatic rings. The van der Waals surface area contributed by atoms with Gasteiger partial charge in [0.1, 0.15) is 0 Å². The topological polar surface area (TPSA) is 38.3 Å². The van der Waals surface area contributed by atoms with E-state index < -0.39 is 0 Å². The first-order valence-corrected chi connectivity index (χ1v) is 4.23. The van der Waals surface area contributed by atoms with Crippen molar-refractivity contribution in [3.05, 3.63) is 0 Å². The van der Waals surface area contributed by atoms with E-state index in [1.807, 2.05) is 0 Å². The van der Waals surface area contributed by atoms with Crippen molar-refractivity contribution in [3.8, 4) is 0 Å². The number of hydrogen-bond acceptors (Lipinski definition) is 3. The van der Waals surface area contributed by atoms with Crippen LogP contribution in [0.1, 0.15) is 27.2 Å². The lowest BCUT2D eigenvalue weighted by atomic mass is 9.92. The predicted molar refractivity (Wildman–Crippen MR) is 49.0 cm³/mol. The molecule has 0 aliphatic rings. The third kappa shape index (κ3) is 7.54. The molecule has 1 N–H and O–H groups in total. The normalized spacial score (nSPS) is 11.3. The number of rotatable bonds is 4. The van der Waals surface area contributed by atoms with Crippen LogP contribution in [0.4, 0.5) is 0 Å². The van der Waals surface area contributed by atoms with E-state index in [1.165, 1.54) is 7.11 Å². The van der Waals surface area contributed by atoms with Crippen LogP contribution >= 0.6 is 0 Å². The minimum absolute atomic E-state index is 0.205. The van der Waals surface area contributed by atoms with E-state index in [-0.39, 0.29) is 5.97 Å². The standard InChI is InChI=1S/C9H19NO2/c1-9(2,3)5-6-10-7-8(11)12-4/h10H,5-7H2,1-4H3. The molecule has 0 spiro atoms. The molecule has 0 saturated heterocycles. The maximum Gasteiger partial charge on any atom is 0.319 e. The van der Waals surface area contributed by atoms with E-state index >= 15 is 0 Å². The molecule has 0 aromatic heterocycles. The Labute approximate surface area is 74.5 Å². The molecule has 0 saturated carbocycles. The van der Waals surface area contributed by atoms with E-state index in [2.05, 4.69) is 30.8 Å². The Kier molecular flexibility index (Phi) is 4.90. The second-order valence-corrected chi connectivity index (χ2v) is 4.06. The van der Waals surface area contributed by atoms with E-state index in [9.17, 15) is 4.79 Å². The lowest BCUT2D eigenvalue weighted by Gasteiger charge is -2.17. The Hall–Kier alpha value is -0.570. The van der Waals surface area contributed by atoms with Crippen LogP contribution in [-0.4, -0.2) is 26.2 Å². The summed E-state index contributed by atoms with van der Waals surface area (Å²) in [5.74, 6) is -0.205. The monoisotopic (exact) mass is 173 g/mol. The van der Waals surface area contributed by atoms with Crippen molar-refractivity contribution in [3.63, 3.8) is 0 Å². The number of methoxy groups -OCH3 is 1. The highest BCUT2D eigenvalue weighted by Gasteiger charge is 2.09. The van der Waals surface area contributed by atoms with Gasteiger partial charge in [-0.25, -0.2) is 0 Å². The Morgan fingerprint density at radius 2 is 2.00 bits per heavy atom. The highest BCUT2D eigenvalue weighted by molar-refractivity contribution is 5.71. The molecule has 3 heteroatoms. The highest BCUT2D eigenvalue weighted by atomic mass is 16.5. The number of hydrogen-bond donors (Lipinski definition) is 1. The highest BCUT2D eigenvalue weighted by Crippen LogP contribution is 2.16. The second-order valence-electron chi connectivity index (χ2n) is 4.06. The summed E-state index contributed by atoms with van der Waals surface area (Å²) in [6.45, 7) is 7.69. The number of carbonyl (C=O) groups excluding carboxylic acids is 1. The molecular weight excluding hydrogens is 154 g/mol. The molecule has 0 atom stereocenters. The van der Waals surface area contributed by atoms with Gasteiger partial charge in [0, 0.05) is 0 Å². The van der Waals surface area contributed by atoms with Crippen LogP contribution in [-0.2, 0) is 9.53 Å². The third-order valence-corrected chi connectivity index (χ3v) is 1.55. The van der Waals surface area contributed by atoms with Crippen molar-refractivity contribution in [2.24, 2.45) is 5.41 Å². The van der Waals surface area contributed by atoms with E-state index in [0.29, 0.717) is 12.0 Å². The molecular formula is C9H19NO2. The zero-order chi connectivity index (χ0) is 9.61. The minimum Gasteiger partial charge on any atom is -0.468 e. The Morgan fingerprint density at radius 3 is 2.42 bits per heavy atom. The summed E-state index contributed by atoms with van der Waals surface area (Å²) in [5, 5.41) is 3.02. The van der Waals surface area contributed by atoms with E-state index in [4.69, 9.17) is 0 Å². The Balaban J connectivity index is 3.28. The van der Waals surface area contributed by atoms with Gasteiger partial charge in [-0.05, 0) is 18.4 Å². The second kappa shape index (κ2) is 5.14. The van der Waals surface area contributed by atoms with Gasteiger partial charge in [0.2, 0.25) is 0 Å². The molecule has 0 aromatic carbocycles. The van der Waals surface area contributed by atoms with E-state index in [1.54, 1.807) is 0 Å². The quantitative estimate of drug-likeness (QED) is 0.512. The molecule has 0 aliphatic heterocycles. The smallest absolute Gasteiger partial charge is 0.319 e. The summed E-state index contributed by atoms with van der Waals surface area (Å²) in [6, 6.07) is 0. The molecule has 0 fully saturated rings. The predicted octanol–water partition coefficient (Wildman–Crippen LogP) is 1.19. The summed E-state index contributed by atoms with van der Waals surface area (Å²) >= 11 is 0. The summed E-state index contributed by atoms with van der Waals surface area (Å²) in [6.07, 6.45) is 1.06. The van der Waals surface area contributed by atoms with Crippen LogP contribution < -0.4 is 5.32 Å². The summed E-state index contributed by atoms with van der Waals surface area (Å²) in [5.41, 5.74) is 0.323. The molecule has 12 heavy (non-hydrogen) atoms. The molecule has 0 radical (unpaired) electrons. The molecule has 0 bridgehead atoms. The average Bonchev–Trinajstić information content (AvgIpc) is 1.96. The van der Waals surface area contributed by atoms with Crippen molar-refractivity contribution in [2.45, 2.75) is 27.2 Å². The fraction of sp³-hybridized carbons (Fsp3) is 0.889. The summed E-state index contributed by atoms with van der Waals surface area (Å²) in [7, 11) is 1.40. The average molecular weight is 173 g/mol. The van der Waals surface area contributed by atoms with Gasteiger partial charge < -0.3 is 10.1 Å². The molecule has 0 unspecified atom stereocenters. The SMILES string of the molecule is COC(=O)CNCCC(C)(C)C. The van der Waals surface area contributed by atoms with Gasteiger partial charge in [0.15, 0.2) is 0 Å². The summed E-state index contributed by atoms with van der Waals surface area (Å²) < 4.78 is 4.48. The van der Waals surface area contributed by atoms with Crippen molar-refractivity contribution in [1.82, 2.24) is 5.32 Å². The van der Waals surface area contributed by atoms with Crippen LogP contribution in [0, 0.1) is 5.41 Å². The number of carbonyl (C=O) groups is 1. The molecule has 72 valence electrons. The van der Waals surface area contributed by atoms with Crippen LogP contribution in [0.25, 0.3) is 0 Å². The maximum absolute atomic E-state index is 10.7. The minimum atomic E-state index is -0.205. The van der Waals surface area contributed by atoms with Gasteiger partial charge in [0.05, 0.1) is 13.7 Å². The van der Waals surface area contributed by atoms with Gasteiger partial charge in [-0.2, -0.15) is 0 Å². The third-order valence-electron chi connectivity index (χ3n) is 1.55. The Bertz CT molecular complexity index is 138. The zero-order valence-electron chi connectivity index (χ0n) is 8.44. The largest absolute Gasteiger partial charge is 0.468 e. The fourth-order valence-corrected chi connectivity index (χ4v) is 0.726. The maximum atomic E-state index is 10.7. The van der Waals surface area contributed by atoms with Gasteiger partial charge >= 0.3 is 5.97 Å². The fourth-order valence-electron chi connectivity index (χ4n) is 0.726. The molecule has 0 amide bonds. The van der Waals surface area contributed by atoms with Gasteiger partial charge in [-0.1, -0.05) is 20.8 Å². The van der Waals surface area contributed by atoms with Crippen molar-refractivity contribution in [1.29, 1.82) is 0 Å². The van der Waals surface area contributed by atoms with Crippen molar-refractivity contribution in [2.75, 3.05) is 20.2 Å². The van der Waals surface area contributed by atoms with Crippen LogP contribution in [0.15, 0.2) is 0 Å². The van der Waals surface area contributed by atoms with Gasteiger partial charge in [0.25, 0.3) is 0 Å². The van der Waals surface area contributed by atoms with Crippen LogP contribution in [0.3, 0.4) is 0 Å². The van der Waals surface area contributed by atoms with Gasteiger partial charge in [-0.3, -0.25) is 4.79 Å². The molecule has 0 rings (SSSR count). The number of nitrogens with one attached hydrogen (secondary N) is 1. The summed E-state index contributed by atoms with van der Waals surface area (Å²) in [4.78, 5) is 10.7. The van der Waals surface area contributed by atoms with Crippen molar-refractivity contribution >= 4 is 5.97 Å². The van der Waals surface area contributed by atoms with Crippen LogP contribution in [0.5, 0.6) is 0 Å². The molecule has 0 aliphatic carbocycles. The van der Waals surface area contributed by atoms with Gasteiger partial charge in [-0.15, -0.1) is 0 Å². The first-order valence-electron chi connectivity index (χ1n) is 4.23. The van der Waals surface area contributed by atoms with E-state index in [0.717, 1.165) is 13.0 Å². The van der Waals surface area contributed by atoms with Crippen molar-refractivity contribution < 1.29 is 9.53 Å². The van der Waals surface area contributed by atoms with Crippen LogP contribution in [0.2, 0.25) is 0 Å². The molecule has 3 nitrogen and oxygen atoms in total.